The monoisotopic (exact) mass is 448 g/mol. The van der Waals surface area contributed by atoms with E-state index in [1.165, 1.54) is 4.57 Å². The molecule has 32 heavy (non-hydrogen) atoms. The molecule has 0 radical (unpaired) electrons. The molecule has 0 aliphatic heterocycles. The molecule has 0 amide bonds. The van der Waals surface area contributed by atoms with Crippen LogP contribution < -0.4 is 5.56 Å². The highest BCUT2D eigenvalue weighted by Gasteiger charge is 2.18. The number of halogens is 1. The van der Waals surface area contributed by atoms with E-state index >= 15 is 0 Å². The smallest absolute Gasteiger partial charge is 0.254 e. The van der Waals surface area contributed by atoms with Gasteiger partial charge in [0.05, 0.1) is 29.7 Å². The number of aliphatic hydroxyl groups excluding tert-OH is 1. The van der Waals surface area contributed by atoms with Crippen molar-refractivity contribution in [2.75, 3.05) is 6.61 Å². The van der Waals surface area contributed by atoms with Crippen molar-refractivity contribution in [3.8, 4) is 5.69 Å². The van der Waals surface area contributed by atoms with E-state index < -0.39 is 6.04 Å². The van der Waals surface area contributed by atoms with Crippen molar-refractivity contribution in [3.05, 3.63) is 110 Å². The van der Waals surface area contributed by atoms with Gasteiger partial charge in [-0.1, -0.05) is 29.8 Å². The third-order valence-electron chi connectivity index (χ3n) is 5.52. The van der Waals surface area contributed by atoms with Gasteiger partial charge in [-0.15, -0.1) is 0 Å². The number of hydrogen-bond acceptors (Lipinski definition) is 4. The van der Waals surface area contributed by atoms with Gasteiger partial charge in [0.2, 0.25) is 0 Å². The molecule has 4 aromatic rings. The van der Waals surface area contributed by atoms with Crippen LogP contribution in [0.3, 0.4) is 0 Å². The van der Waals surface area contributed by atoms with Crippen LogP contribution in [0.25, 0.3) is 5.69 Å². The van der Waals surface area contributed by atoms with Crippen molar-refractivity contribution in [2.24, 2.45) is 0 Å². The lowest BCUT2D eigenvalue weighted by Crippen LogP contribution is -2.30. The van der Waals surface area contributed by atoms with E-state index in [0.29, 0.717) is 17.0 Å². The van der Waals surface area contributed by atoms with Crippen LogP contribution in [0, 0.1) is 20.8 Å². The molecule has 0 saturated carbocycles. The molecule has 0 spiro atoms. The largest absolute Gasteiger partial charge is 0.394 e. The van der Waals surface area contributed by atoms with E-state index in [9.17, 15) is 9.90 Å². The standard InChI is InChI=1S/C25H25ClN4O2/c1-16-6-21(11-27-10-16)24(14-31)30-13-22(26)9-20(25(30)32)8-19-4-5-23(17(2)7-19)29-12-18(3)28-15-29/h4-7,9-13,15,24,31H,8,14H2,1-3H3/t24-/m0/s1. The van der Waals surface area contributed by atoms with Crippen molar-refractivity contribution >= 4 is 11.6 Å². The van der Waals surface area contributed by atoms with Gasteiger partial charge in [-0.3, -0.25) is 9.78 Å². The molecule has 1 atom stereocenters. The summed E-state index contributed by atoms with van der Waals surface area (Å²) >= 11 is 6.38. The normalized spacial score (nSPS) is 12.2. The highest BCUT2D eigenvalue weighted by molar-refractivity contribution is 6.30. The van der Waals surface area contributed by atoms with Gasteiger partial charge in [-0.2, -0.15) is 0 Å². The predicted molar refractivity (Wildman–Crippen MR) is 126 cm³/mol. The topological polar surface area (TPSA) is 72.9 Å². The minimum absolute atomic E-state index is 0.179. The van der Waals surface area contributed by atoms with Crippen molar-refractivity contribution in [1.82, 2.24) is 19.1 Å². The zero-order chi connectivity index (χ0) is 22.8. The van der Waals surface area contributed by atoms with Crippen LogP contribution in [0.2, 0.25) is 5.02 Å². The summed E-state index contributed by atoms with van der Waals surface area (Å²) in [5, 5.41) is 10.5. The Balaban J connectivity index is 1.69. The lowest BCUT2D eigenvalue weighted by Gasteiger charge is -2.20. The second-order valence-corrected chi connectivity index (χ2v) is 8.55. The van der Waals surface area contributed by atoms with Gasteiger partial charge in [0.1, 0.15) is 0 Å². The average molecular weight is 449 g/mol. The van der Waals surface area contributed by atoms with Crippen molar-refractivity contribution in [1.29, 1.82) is 0 Å². The SMILES string of the molecule is Cc1cncc([C@H](CO)n2cc(Cl)cc(Cc3ccc(-n4cnc(C)c4)c(C)c3)c2=O)c1. The van der Waals surface area contributed by atoms with Gasteiger partial charge >= 0.3 is 0 Å². The number of rotatable bonds is 6. The number of benzene rings is 1. The highest BCUT2D eigenvalue weighted by atomic mass is 35.5. The summed E-state index contributed by atoms with van der Waals surface area (Å²) < 4.78 is 3.49. The summed E-state index contributed by atoms with van der Waals surface area (Å²) in [5.41, 5.74) is 6.20. The zero-order valence-corrected chi connectivity index (χ0v) is 19.0. The maximum atomic E-state index is 13.3. The van der Waals surface area contributed by atoms with Crippen molar-refractivity contribution < 1.29 is 5.11 Å². The molecule has 1 aromatic carbocycles. The summed E-state index contributed by atoms with van der Waals surface area (Å²) in [7, 11) is 0. The summed E-state index contributed by atoms with van der Waals surface area (Å²) in [6.45, 7) is 5.69. The number of pyridine rings is 2. The Morgan fingerprint density at radius 3 is 2.56 bits per heavy atom. The first-order valence-corrected chi connectivity index (χ1v) is 10.8. The maximum absolute atomic E-state index is 13.3. The Hall–Kier alpha value is -3.22. The lowest BCUT2D eigenvalue weighted by atomic mass is 10.0. The first-order chi connectivity index (χ1) is 15.4. The molecule has 0 aliphatic rings. The van der Waals surface area contributed by atoms with Gasteiger partial charge in [0, 0.05) is 42.5 Å². The molecule has 3 heterocycles. The summed E-state index contributed by atoms with van der Waals surface area (Å²) in [4.78, 5) is 21.8. The number of aliphatic hydroxyl groups is 1. The van der Waals surface area contributed by atoms with Crippen LogP contribution in [0.5, 0.6) is 0 Å². The highest BCUT2D eigenvalue weighted by Crippen LogP contribution is 2.22. The van der Waals surface area contributed by atoms with E-state index in [0.717, 1.165) is 33.6 Å². The second-order valence-electron chi connectivity index (χ2n) is 8.11. The van der Waals surface area contributed by atoms with E-state index in [2.05, 4.69) is 16.0 Å². The van der Waals surface area contributed by atoms with E-state index in [4.69, 9.17) is 11.6 Å². The molecule has 0 bridgehead atoms. The van der Waals surface area contributed by atoms with Gasteiger partial charge in [-0.25, -0.2) is 4.98 Å². The number of aromatic nitrogens is 4. The molecule has 0 fully saturated rings. The van der Waals surface area contributed by atoms with E-state index in [-0.39, 0.29) is 12.2 Å². The van der Waals surface area contributed by atoms with E-state index in [1.807, 2.05) is 49.7 Å². The Kier molecular flexibility index (Phi) is 6.26. The fourth-order valence-electron chi connectivity index (χ4n) is 3.99. The minimum Gasteiger partial charge on any atom is -0.394 e. The molecule has 164 valence electrons. The van der Waals surface area contributed by atoms with Crippen LogP contribution in [-0.4, -0.2) is 30.8 Å². The first-order valence-electron chi connectivity index (χ1n) is 10.4. The third kappa shape index (κ3) is 4.52. The number of aryl methyl sites for hydroxylation is 3. The fourth-order valence-corrected chi connectivity index (χ4v) is 4.22. The summed E-state index contributed by atoms with van der Waals surface area (Å²) in [6.07, 6.45) is 9.19. The van der Waals surface area contributed by atoms with Gasteiger partial charge in [0.25, 0.3) is 5.56 Å². The average Bonchev–Trinajstić information content (AvgIpc) is 3.18. The Bertz CT molecular complexity index is 1330. The van der Waals surface area contributed by atoms with Crippen LogP contribution in [-0.2, 0) is 6.42 Å². The molecule has 7 heteroatoms. The number of hydrogen-bond donors (Lipinski definition) is 1. The molecule has 6 nitrogen and oxygen atoms in total. The summed E-state index contributed by atoms with van der Waals surface area (Å²) in [5.74, 6) is 0. The van der Waals surface area contributed by atoms with Crippen LogP contribution in [0.4, 0.5) is 0 Å². The van der Waals surface area contributed by atoms with E-state index in [1.54, 1.807) is 31.0 Å². The van der Waals surface area contributed by atoms with Crippen LogP contribution >= 0.6 is 11.6 Å². The van der Waals surface area contributed by atoms with Gasteiger partial charge in [-0.05, 0) is 55.2 Å². The lowest BCUT2D eigenvalue weighted by molar-refractivity contribution is 0.246. The molecule has 0 saturated heterocycles. The summed E-state index contributed by atoms with van der Waals surface area (Å²) in [6, 6.07) is 9.18. The molecular weight excluding hydrogens is 424 g/mol. The van der Waals surface area contributed by atoms with Gasteiger partial charge < -0.3 is 14.2 Å². The van der Waals surface area contributed by atoms with Crippen LogP contribution in [0.15, 0.2) is 66.2 Å². The second kappa shape index (κ2) is 9.10. The molecule has 0 aliphatic carbocycles. The molecule has 4 rings (SSSR count). The van der Waals surface area contributed by atoms with Crippen molar-refractivity contribution in [3.63, 3.8) is 0 Å². The predicted octanol–water partition coefficient (Wildman–Crippen LogP) is 4.18. The maximum Gasteiger partial charge on any atom is 0.254 e. The fraction of sp³-hybridized carbons (Fsp3) is 0.240. The quantitative estimate of drug-likeness (QED) is 0.480. The minimum atomic E-state index is -0.555. The van der Waals surface area contributed by atoms with Gasteiger partial charge in [0.15, 0.2) is 0 Å². The number of imidazole rings is 1. The molecule has 0 unspecified atom stereocenters. The Labute approximate surface area is 191 Å². The molecule has 3 aromatic heterocycles. The Morgan fingerprint density at radius 1 is 1.09 bits per heavy atom. The molecule has 1 N–H and O–H groups in total. The Morgan fingerprint density at radius 2 is 1.91 bits per heavy atom. The third-order valence-corrected chi connectivity index (χ3v) is 5.73. The zero-order valence-electron chi connectivity index (χ0n) is 18.3. The molecular formula is C25H25ClN4O2. The van der Waals surface area contributed by atoms with Crippen molar-refractivity contribution in [2.45, 2.75) is 33.2 Å². The van der Waals surface area contributed by atoms with Crippen LogP contribution in [0.1, 0.15) is 39.6 Å². The first kappa shape index (κ1) is 22.0. The number of nitrogens with zero attached hydrogens (tertiary/aromatic N) is 4.